The predicted octanol–water partition coefficient (Wildman–Crippen LogP) is 5.84. The van der Waals surface area contributed by atoms with E-state index >= 15 is 0 Å². The van der Waals surface area contributed by atoms with Gasteiger partial charge in [-0.2, -0.15) is 0 Å². The van der Waals surface area contributed by atoms with Gasteiger partial charge in [0.25, 0.3) is 0 Å². The summed E-state index contributed by atoms with van der Waals surface area (Å²) in [6.07, 6.45) is 0. The maximum Gasteiger partial charge on any atom is 0.234 e. The molecule has 1 aromatic heterocycles. The van der Waals surface area contributed by atoms with Crippen molar-refractivity contribution in [2.24, 2.45) is 0 Å². The summed E-state index contributed by atoms with van der Waals surface area (Å²) in [6.45, 7) is 6.42. The number of hydrogen-bond acceptors (Lipinski definition) is 4. The minimum Gasteiger partial charge on any atom is -0.325 e. The normalized spacial score (nSPS) is 11.3. The van der Waals surface area contributed by atoms with Crippen molar-refractivity contribution in [1.29, 1.82) is 0 Å². The Hall–Kier alpha value is -2.11. The summed E-state index contributed by atoms with van der Waals surface area (Å²) >= 11 is 3.08. The van der Waals surface area contributed by atoms with Gasteiger partial charge in [-0.25, -0.2) is 4.98 Å². The average Bonchev–Trinajstić information content (AvgIpc) is 3.11. The van der Waals surface area contributed by atoms with Crippen LogP contribution in [0.5, 0.6) is 0 Å². The van der Waals surface area contributed by atoms with Crippen LogP contribution in [-0.2, 0) is 10.2 Å². The molecule has 0 aliphatic carbocycles. The lowest BCUT2D eigenvalue weighted by atomic mass is 9.93. The molecule has 0 saturated carbocycles. The van der Waals surface area contributed by atoms with Crippen LogP contribution in [0, 0.1) is 0 Å². The van der Waals surface area contributed by atoms with Crippen molar-refractivity contribution >= 4 is 34.7 Å². The number of rotatable bonds is 5. The minimum absolute atomic E-state index is 0.0185. The van der Waals surface area contributed by atoms with E-state index in [0.717, 1.165) is 21.3 Å². The lowest BCUT2D eigenvalue weighted by molar-refractivity contribution is -0.113. The Labute approximate surface area is 162 Å². The zero-order valence-corrected chi connectivity index (χ0v) is 16.8. The molecule has 3 nitrogen and oxygen atoms in total. The molecule has 0 fully saturated rings. The molecule has 1 amide bonds. The van der Waals surface area contributed by atoms with Crippen LogP contribution in [0.1, 0.15) is 26.5 Å². The molecule has 0 bridgehead atoms. The van der Waals surface area contributed by atoms with Crippen LogP contribution in [-0.4, -0.2) is 16.6 Å². The van der Waals surface area contributed by atoms with Gasteiger partial charge in [0, 0.05) is 16.5 Å². The van der Waals surface area contributed by atoms with E-state index in [1.54, 1.807) is 11.3 Å². The second kappa shape index (κ2) is 8.06. The summed E-state index contributed by atoms with van der Waals surface area (Å²) in [5.41, 5.74) is 4.22. The smallest absolute Gasteiger partial charge is 0.234 e. The van der Waals surface area contributed by atoms with E-state index in [9.17, 15) is 4.79 Å². The second-order valence-electron chi connectivity index (χ2n) is 7.03. The Bertz CT molecular complexity index is 865. The van der Waals surface area contributed by atoms with Crippen molar-refractivity contribution in [3.63, 3.8) is 0 Å². The third-order valence-electron chi connectivity index (χ3n) is 3.85. The van der Waals surface area contributed by atoms with Gasteiger partial charge in [0.05, 0.1) is 11.4 Å². The molecule has 0 aliphatic rings. The Morgan fingerprint density at radius 3 is 2.31 bits per heavy atom. The van der Waals surface area contributed by atoms with Crippen LogP contribution in [0.25, 0.3) is 11.1 Å². The lowest BCUT2D eigenvalue weighted by Gasteiger charge is -2.14. The molecular weight excluding hydrogens is 360 g/mol. The molecule has 1 N–H and O–H groups in total. The Kier molecular flexibility index (Phi) is 5.79. The van der Waals surface area contributed by atoms with Gasteiger partial charge < -0.3 is 5.32 Å². The molecule has 3 rings (SSSR count). The van der Waals surface area contributed by atoms with Crippen molar-refractivity contribution in [3.05, 3.63) is 65.7 Å². The van der Waals surface area contributed by atoms with Crippen molar-refractivity contribution in [3.8, 4) is 11.1 Å². The zero-order chi connectivity index (χ0) is 18.6. The fourth-order valence-corrected chi connectivity index (χ4v) is 4.22. The third-order valence-corrected chi connectivity index (χ3v) is 5.88. The first-order valence-electron chi connectivity index (χ1n) is 8.46. The van der Waals surface area contributed by atoms with Crippen molar-refractivity contribution in [2.45, 2.75) is 30.5 Å². The molecule has 5 heteroatoms. The van der Waals surface area contributed by atoms with Crippen LogP contribution in [0.2, 0.25) is 0 Å². The number of anilines is 1. The van der Waals surface area contributed by atoms with Crippen molar-refractivity contribution < 1.29 is 4.79 Å². The molecule has 0 aliphatic heterocycles. The van der Waals surface area contributed by atoms with Gasteiger partial charge in [-0.3, -0.25) is 4.79 Å². The second-order valence-corrected chi connectivity index (χ2v) is 9.11. The topological polar surface area (TPSA) is 42.0 Å². The zero-order valence-electron chi connectivity index (χ0n) is 15.2. The lowest BCUT2D eigenvalue weighted by Crippen LogP contribution is -2.14. The number of carbonyl (C=O) groups excluding carboxylic acids is 1. The molecule has 0 saturated heterocycles. The van der Waals surface area contributed by atoms with Gasteiger partial charge in [-0.1, -0.05) is 75.0 Å². The van der Waals surface area contributed by atoms with Crippen LogP contribution in [0.15, 0.2) is 64.3 Å². The number of aromatic nitrogens is 1. The molecule has 0 spiro atoms. The predicted molar refractivity (Wildman–Crippen MR) is 112 cm³/mol. The number of nitrogens with one attached hydrogen (secondary N) is 1. The first-order chi connectivity index (χ1) is 12.4. The van der Waals surface area contributed by atoms with Crippen LogP contribution < -0.4 is 5.32 Å². The fourth-order valence-electron chi connectivity index (χ4n) is 2.37. The molecule has 1 heterocycles. The maximum absolute atomic E-state index is 12.2. The average molecular weight is 383 g/mol. The van der Waals surface area contributed by atoms with Crippen molar-refractivity contribution in [2.75, 3.05) is 11.1 Å². The van der Waals surface area contributed by atoms with E-state index in [1.807, 2.05) is 42.5 Å². The third kappa shape index (κ3) is 4.96. The van der Waals surface area contributed by atoms with E-state index in [1.165, 1.54) is 17.3 Å². The summed E-state index contributed by atoms with van der Waals surface area (Å²) in [5, 5.41) is 5.02. The first kappa shape index (κ1) is 18.7. The van der Waals surface area contributed by atoms with Crippen LogP contribution in [0.3, 0.4) is 0 Å². The van der Waals surface area contributed by atoms with Gasteiger partial charge >= 0.3 is 0 Å². The molecule has 3 aromatic rings. The summed E-state index contributed by atoms with van der Waals surface area (Å²) in [5.74, 6) is 0.340. The number of carbonyl (C=O) groups is 1. The number of nitrogens with zero attached hydrogens (tertiary/aromatic N) is 1. The number of thioether (sulfide) groups is 1. The minimum atomic E-state index is -0.0185. The summed E-state index contributed by atoms with van der Waals surface area (Å²) in [4.78, 5) is 16.8. The maximum atomic E-state index is 12.2. The summed E-state index contributed by atoms with van der Waals surface area (Å²) in [6, 6.07) is 18.1. The van der Waals surface area contributed by atoms with Crippen LogP contribution in [0.4, 0.5) is 5.69 Å². The van der Waals surface area contributed by atoms with Gasteiger partial charge in [0.15, 0.2) is 4.34 Å². The molecule has 134 valence electrons. The molecule has 0 atom stereocenters. The van der Waals surface area contributed by atoms with Crippen LogP contribution >= 0.6 is 23.1 Å². The number of hydrogen-bond donors (Lipinski definition) is 1. The molecular formula is C21H22N2OS2. The first-order valence-corrected chi connectivity index (χ1v) is 10.3. The van der Waals surface area contributed by atoms with E-state index in [4.69, 9.17) is 0 Å². The highest BCUT2D eigenvalue weighted by Gasteiger charge is 2.17. The number of thiazole rings is 1. The number of amides is 1. The molecule has 2 aromatic carbocycles. The molecule has 26 heavy (non-hydrogen) atoms. The van der Waals surface area contributed by atoms with Gasteiger partial charge in [0.1, 0.15) is 0 Å². The Balaban J connectivity index is 1.54. The highest BCUT2D eigenvalue weighted by atomic mass is 32.2. The summed E-state index contributed by atoms with van der Waals surface area (Å²) < 4.78 is 0.935. The van der Waals surface area contributed by atoms with Gasteiger partial charge in [-0.15, -0.1) is 11.3 Å². The van der Waals surface area contributed by atoms with Crippen molar-refractivity contribution in [1.82, 2.24) is 4.98 Å². The van der Waals surface area contributed by atoms with E-state index in [2.05, 4.69) is 48.6 Å². The van der Waals surface area contributed by atoms with E-state index in [0.29, 0.717) is 5.75 Å². The molecule has 0 radical (unpaired) electrons. The van der Waals surface area contributed by atoms with E-state index < -0.39 is 0 Å². The fraction of sp³-hybridized carbons (Fsp3) is 0.238. The molecule has 0 unspecified atom stereocenters. The summed E-state index contributed by atoms with van der Waals surface area (Å²) in [7, 11) is 0. The standard InChI is InChI=1S/C21H22N2OS2/c1-21(2,3)18-13-25-20(23-18)26-14-19(24)22-17-11-9-16(10-12-17)15-7-5-4-6-8-15/h4-13H,14H2,1-3H3,(H,22,24). The SMILES string of the molecule is CC(C)(C)c1csc(SCC(=O)Nc2ccc(-c3ccccc3)cc2)n1. The van der Waals surface area contributed by atoms with Gasteiger partial charge in [0.2, 0.25) is 5.91 Å². The Morgan fingerprint density at radius 1 is 1.04 bits per heavy atom. The Morgan fingerprint density at radius 2 is 1.69 bits per heavy atom. The van der Waals surface area contributed by atoms with Gasteiger partial charge in [-0.05, 0) is 23.3 Å². The number of benzene rings is 2. The quantitative estimate of drug-likeness (QED) is 0.564. The monoisotopic (exact) mass is 382 g/mol. The highest BCUT2D eigenvalue weighted by molar-refractivity contribution is 8.01. The highest BCUT2D eigenvalue weighted by Crippen LogP contribution is 2.29. The largest absolute Gasteiger partial charge is 0.325 e. The van der Waals surface area contributed by atoms with E-state index in [-0.39, 0.29) is 11.3 Å².